The van der Waals surface area contributed by atoms with Crippen molar-refractivity contribution in [1.82, 2.24) is 14.1 Å². The van der Waals surface area contributed by atoms with Crippen LogP contribution >= 0.6 is 0 Å². The molecule has 2 aliphatic rings. The van der Waals surface area contributed by atoms with Crippen LogP contribution in [0.25, 0.3) is 16.9 Å². The van der Waals surface area contributed by atoms with Crippen LogP contribution in [0.5, 0.6) is 0 Å². The van der Waals surface area contributed by atoms with Crippen molar-refractivity contribution >= 4 is 21.5 Å². The summed E-state index contributed by atoms with van der Waals surface area (Å²) >= 11 is 0. The standard InChI is InChI=1S/C28H34FN7O2S/c1-39(37,38)35-13-11-34(12-14-35)24-7-9-25(10-8-24)36-27(21-5-6-22(18-30)26(29)16-21)17-28(33-36)32-19-20-3-2-4-23(31)15-20/h5-10,16-17,20,23H,2-4,11-15,19,31H2,1H3,(H,32,33)/t20-,23-/m0/s1. The van der Waals surface area contributed by atoms with Gasteiger partial charge in [0, 0.05) is 56.1 Å². The van der Waals surface area contributed by atoms with Gasteiger partial charge < -0.3 is 16.0 Å². The largest absolute Gasteiger partial charge is 0.369 e. The molecule has 1 aliphatic heterocycles. The topological polar surface area (TPSA) is 120 Å². The number of rotatable bonds is 7. The van der Waals surface area contributed by atoms with Crippen molar-refractivity contribution < 1.29 is 12.8 Å². The number of nitrogens with one attached hydrogen (secondary N) is 1. The summed E-state index contributed by atoms with van der Waals surface area (Å²) < 4.78 is 41.5. The first-order valence-electron chi connectivity index (χ1n) is 13.3. The molecule has 11 heteroatoms. The molecule has 2 fully saturated rings. The van der Waals surface area contributed by atoms with Gasteiger partial charge in [-0.3, -0.25) is 0 Å². The minimum Gasteiger partial charge on any atom is -0.369 e. The van der Waals surface area contributed by atoms with E-state index in [0.717, 1.165) is 43.6 Å². The van der Waals surface area contributed by atoms with Crippen LogP contribution in [-0.4, -0.2) is 67.5 Å². The van der Waals surface area contributed by atoms with Gasteiger partial charge in [-0.05, 0) is 61.6 Å². The predicted octanol–water partition coefficient (Wildman–Crippen LogP) is 3.56. The highest BCUT2D eigenvalue weighted by Crippen LogP contribution is 2.30. The Morgan fingerprint density at radius 1 is 1.08 bits per heavy atom. The fourth-order valence-corrected chi connectivity index (χ4v) is 6.31. The van der Waals surface area contributed by atoms with Gasteiger partial charge in [0.05, 0.1) is 23.2 Å². The highest BCUT2D eigenvalue weighted by atomic mass is 32.2. The lowest BCUT2D eigenvalue weighted by atomic mass is 9.86. The minimum absolute atomic E-state index is 0.00266. The van der Waals surface area contributed by atoms with Crippen molar-refractivity contribution in [1.29, 1.82) is 5.26 Å². The molecule has 0 unspecified atom stereocenters. The summed E-state index contributed by atoms with van der Waals surface area (Å²) in [6.07, 6.45) is 5.57. The van der Waals surface area contributed by atoms with Gasteiger partial charge in [-0.2, -0.15) is 9.57 Å². The highest BCUT2D eigenvalue weighted by molar-refractivity contribution is 7.88. The maximum atomic E-state index is 14.5. The molecule has 9 nitrogen and oxygen atoms in total. The van der Waals surface area contributed by atoms with Crippen molar-refractivity contribution in [3.05, 3.63) is 59.9 Å². The summed E-state index contributed by atoms with van der Waals surface area (Å²) in [7, 11) is -3.19. The summed E-state index contributed by atoms with van der Waals surface area (Å²) in [5.74, 6) is 0.601. The number of sulfonamides is 1. The van der Waals surface area contributed by atoms with Crippen LogP contribution in [0.3, 0.4) is 0 Å². The Morgan fingerprint density at radius 2 is 1.79 bits per heavy atom. The predicted molar refractivity (Wildman–Crippen MR) is 151 cm³/mol. The lowest BCUT2D eigenvalue weighted by molar-refractivity contribution is 0.335. The smallest absolute Gasteiger partial charge is 0.211 e. The van der Waals surface area contributed by atoms with Crippen LogP contribution in [0.2, 0.25) is 0 Å². The third-order valence-corrected chi connectivity index (χ3v) is 8.96. The Morgan fingerprint density at radius 3 is 2.44 bits per heavy atom. The van der Waals surface area contributed by atoms with Crippen molar-refractivity contribution in [2.45, 2.75) is 31.7 Å². The summed E-state index contributed by atoms with van der Waals surface area (Å²) in [4.78, 5) is 2.16. The third kappa shape index (κ3) is 6.24. The molecule has 1 saturated heterocycles. The van der Waals surface area contributed by atoms with Gasteiger partial charge in [-0.15, -0.1) is 5.10 Å². The second kappa shape index (κ2) is 11.3. The van der Waals surface area contributed by atoms with E-state index in [4.69, 9.17) is 16.1 Å². The second-order valence-corrected chi connectivity index (χ2v) is 12.5. The normalized spacial score (nSPS) is 20.5. The molecule has 1 aromatic heterocycles. The monoisotopic (exact) mass is 551 g/mol. The Labute approximate surface area is 229 Å². The summed E-state index contributed by atoms with van der Waals surface area (Å²) in [6.45, 7) is 2.90. The Bertz CT molecular complexity index is 1460. The van der Waals surface area contributed by atoms with Gasteiger partial charge >= 0.3 is 0 Å². The number of halogens is 1. The summed E-state index contributed by atoms with van der Waals surface area (Å²) in [5, 5.41) is 17.4. The van der Waals surface area contributed by atoms with Crippen molar-refractivity contribution in [3.8, 4) is 23.0 Å². The van der Waals surface area contributed by atoms with E-state index in [1.165, 1.54) is 22.7 Å². The molecule has 3 aromatic rings. The fraction of sp³-hybridized carbons (Fsp3) is 0.429. The van der Waals surface area contributed by atoms with Crippen molar-refractivity contribution in [2.24, 2.45) is 11.7 Å². The zero-order valence-electron chi connectivity index (χ0n) is 22.1. The molecular weight excluding hydrogens is 517 g/mol. The number of aromatic nitrogens is 2. The molecule has 2 heterocycles. The number of anilines is 2. The maximum absolute atomic E-state index is 14.5. The SMILES string of the molecule is CS(=O)(=O)N1CCN(c2ccc(-n3nc(NC[C@H]4CCC[C@H](N)C4)cc3-c3ccc(C#N)c(F)c3)cc2)CC1. The molecule has 1 aliphatic carbocycles. The quantitative estimate of drug-likeness (QED) is 0.461. The molecular formula is C28H34FN7O2S. The van der Waals surface area contributed by atoms with Gasteiger partial charge in [0.1, 0.15) is 17.7 Å². The van der Waals surface area contributed by atoms with Crippen LogP contribution in [0.15, 0.2) is 48.5 Å². The minimum atomic E-state index is -3.19. The molecule has 0 radical (unpaired) electrons. The molecule has 206 valence electrons. The van der Waals surface area contributed by atoms with Crippen LogP contribution in [-0.2, 0) is 10.0 Å². The molecule has 0 amide bonds. The molecule has 2 aromatic carbocycles. The van der Waals surface area contributed by atoms with E-state index >= 15 is 0 Å². The van der Waals surface area contributed by atoms with Crippen LogP contribution in [0, 0.1) is 23.1 Å². The Balaban J connectivity index is 1.39. The van der Waals surface area contributed by atoms with Crippen LogP contribution < -0.4 is 16.0 Å². The van der Waals surface area contributed by atoms with E-state index in [-0.39, 0.29) is 11.6 Å². The first-order valence-corrected chi connectivity index (χ1v) is 15.2. The summed E-state index contributed by atoms with van der Waals surface area (Å²) in [5.41, 5.74) is 9.29. The van der Waals surface area contributed by atoms with E-state index in [9.17, 15) is 12.8 Å². The average molecular weight is 552 g/mol. The highest BCUT2D eigenvalue weighted by Gasteiger charge is 2.24. The van der Waals surface area contributed by atoms with Gasteiger partial charge in [0.15, 0.2) is 0 Å². The molecule has 2 atom stereocenters. The summed E-state index contributed by atoms with van der Waals surface area (Å²) in [6, 6.07) is 16.5. The number of hydrogen-bond acceptors (Lipinski definition) is 7. The number of nitrogens with zero attached hydrogens (tertiary/aromatic N) is 5. The number of piperazine rings is 1. The van der Waals surface area contributed by atoms with Gasteiger partial charge in [-0.1, -0.05) is 12.5 Å². The van der Waals surface area contributed by atoms with E-state index in [2.05, 4.69) is 10.2 Å². The molecule has 5 rings (SSSR count). The number of benzene rings is 2. The zero-order valence-corrected chi connectivity index (χ0v) is 22.9. The van der Waals surface area contributed by atoms with Crippen molar-refractivity contribution in [3.63, 3.8) is 0 Å². The number of nitrogens with two attached hydrogens (primary N) is 1. The third-order valence-electron chi connectivity index (χ3n) is 7.66. The first kappa shape index (κ1) is 27.1. The fourth-order valence-electron chi connectivity index (χ4n) is 5.48. The maximum Gasteiger partial charge on any atom is 0.211 e. The molecule has 0 spiro atoms. The van der Waals surface area contributed by atoms with E-state index in [1.54, 1.807) is 10.7 Å². The Hall–Kier alpha value is -3.46. The van der Waals surface area contributed by atoms with E-state index < -0.39 is 15.8 Å². The van der Waals surface area contributed by atoms with Crippen LogP contribution in [0.4, 0.5) is 15.9 Å². The van der Waals surface area contributed by atoms with E-state index in [1.807, 2.05) is 36.4 Å². The lowest BCUT2D eigenvalue weighted by Gasteiger charge is -2.34. The molecule has 0 bridgehead atoms. The van der Waals surface area contributed by atoms with Gasteiger partial charge in [0.2, 0.25) is 10.0 Å². The van der Waals surface area contributed by atoms with Gasteiger partial charge in [-0.25, -0.2) is 17.5 Å². The van der Waals surface area contributed by atoms with Crippen LogP contribution in [0.1, 0.15) is 31.2 Å². The molecule has 3 N–H and O–H groups in total. The number of nitriles is 1. The van der Waals surface area contributed by atoms with Gasteiger partial charge in [0.25, 0.3) is 0 Å². The molecule has 1 saturated carbocycles. The lowest BCUT2D eigenvalue weighted by Crippen LogP contribution is -2.48. The number of hydrogen-bond donors (Lipinski definition) is 2. The zero-order chi connectivity index (χ0) is 27.6. The molecule has 39 heavy (non-hydrogen) atoms. The van der Waals surface area contributed by atoms with Crippen molar-refractivity contribution in [2.75, 3.05) is 49.2 Å². The second-order valence-electron chi connectivity index (χ2n) is 10.5. The average Bonchev–Trinajstić information content (AvgIpc) is 3.36. The van der Waals surface area contributed by atoms with E-state index in [0.29, 0.717) is 49.2 Å². The Kier molecular flexibility index (Phi) is 7.88. The first-order chi connectivity index (χ1) is 18.7.